The Morgan fingerprint density at radius 2 is 2.14 bits per heavy atom. The van der Waals surface area contributed by atoms with Crippen LogP contribution in [0, 0.1) is 18.8 Å². The summed E-state index contributed by atoms with van der Waals surface area (Å²) in [6.45, 7) is 4.28. The van der Waals surface area contributed by atoms with Gasteiger partial charge >= 0.3 is 0 Å². The predicted molar refractivity (Wildman–Crippen MR) is 83.2 cm³/mol. The minimum atomic E-state index is 0.191. The van der Waals surface area contributed by atoms with Crippen molar-refractivity contribution in [2.24, 2.45) is 11.8 Å². The number of pyridine rings is 1. The van der Waals surface area contributed by atoms with Crippen molar-refractivity contribution < 1.29 is 0 Å². The number of hydrogen-bond donors (Lipinski definition) is 2. The molecule has 2 aromatic heterocycles. The Labute approximate surface area is 130 Å². The molecule has 4 rings (SSSR count). The molecule has 1 aliphatic carbocycles. The van der Waals surface area contributed by atoms with Crippen LogP contribution in [0.4, 0.5) is 0 Å². The lowest BCUT2D eigenvalue weighted by molar-refractivity contribution is 0.241. The van der Waals surface area contributed by atoms with E-state index in [1.165, 1.54) is 19.3 Å². The maximum Gasteiger partial charge on any atom is 0.155 e. The van der Waals surface area contributed by atoms with Gasteiger partial charge in [-0.15, -0.1) is 5.10 Å². The Kier molecular flexibility index (Phi) is 3.43. The van der Waals surface area contributed by atoms with Crippen LogP contribution in [0.3, 0.4) is 0 Å². The van der Waals surface area contributed by atoms with Gasteiger partial charge in [-0.05, 0) is 50.2 Å². The Bertz CT molecular complexity index is 652. The van der Waals surface area contributed by atoms with Crippen LogP contribution in [-0.4, -0.2) is 25.8 Å². The van der Waals surface area contributed by atoms with Crippen LogP contribution >= 0.6 is 0 Å². The first kappa shape index (κ1) is 13.8. The molecule has 0 bridgehead atoms. The fourth-order valence-corrected chi connectivity index (χ4v) is 3.81. The van der Waals surface area contributed by atoms with E-state index in [9.17, 15) is 0 Å². The zero-order valence-electron chi connectivity index (χ0n) is 13.0. The first-order chi connectivity index (χ1) is 10.7. The number of nitrogens with one attached hydrogen (secondary N) is 2. The van der Waals surface area contributed by atoms with Crippen molar-refractivity contribution in [2.75, 3.05) is 0 Å². The van der Waals surface area contributed by atoms with Gasteiger partial charge in [0.05, 0.1) is 6.04 Å². The first-order valence-corrected chi connectivity index (χ1v) is 8.08. The molecule has 2 N–H and O–H groups in total. The Hall–Kier alpha value is -1.79. The fraction of sp³-hybridized carbons (Fsp3) is 0.562. The van der Waals surface area contributed by atoms with Gasteiger partial charge in [-0.25, -0.2) is 15.4 Å². The van der Waals surface area contributed by atoms with E-state index in [1.807, 2.05) is 29.8 Å². The number of fused-ring (bicyclic) bond motifs is 1. The zero-order chi connectivity index (χ0) is 15.1. The smallest absolute Gasteiger partial charge is 0.155 e. The van der Waals surface area contributed by atoms with Crippen molar-refractivity contribution in [3.05, 3.63) is 36.0 Å². The summed E-state index contributed by atoms with van der Waals surface area (Å²) in [5, 5.41) is 4.56. The summed E-state index contributed by atoms with van der Waals surface area (Å²) in [6, 6.07) is 6.60. The van der Waals surface area contributed by atoms with Crippen molar-refractivity contribution in [1.82, 2.24) is 30.6 Å². The highest BCUT2D eigenvalue weighted by molar-refractivity contribution is 5.24. The summed E-state index contributed by atoms with van der Waals surface area (Å²) in [7, 11) is 0. The number of nitrogens with zero attached hydrogens (tertiary/aromatic N) is 4. The van der Waals surface area contributed by atoms with Gasteiger partial charge in [0.25, 0.3) is 0 Å². The van der Waals surface area contributed by atoms with E-state index in [-0.39, 0.29) is 6.04 Å². The first-order valence-electron chi connectivity index (χ1n) is 8.08. The monoisotopic (exact) mass is 298 g/mol. The second-order valence-corrected chi connectivity index (χ2v) is 6.57. The van der Waals surface area contributed by atoms with E-state index in [1.54, 1.807) is 6.20 Å². The van der Waals surface area contributed by atoms with Gasteiger partial charge < -0.3 is 0 Å². The summed E-state index contributed by atoms with van der Waals surface area (Å²) in [5.41, 5.74) is 6.92. The number of hydrazine groups is 1. The molecular formula is C16H22N6. The largest absolute Gasteiger partial charge is 0.254 e. The van der Waals surface area contributed by atoms with E-state index >= 15 is 0 Å². The maximum atomic E-state index is 4.69. The third-order valence-electron chi connectivity index (χ3n) is 4.90. The molecule has 6 nitrogen and oxygen atoms in total. The van der Waals surface area contributed by atoms with Crippen LogP contribution < -0.4 is 10.9 Å². The third kappa shape index (κ3) is 2.32. The second-order valence-electron chi connectivity index (χ2n) is 6.57. The summed E-state index contributed by atoms with van der Waals surface area (Å²) in [6.07, 6.45) is 5.55. The van der Waals surface area contributed by atoms with Gasteiger partial charge in [-0.3, -0.25) is 5.43 Å². The van der Waals surface area contributed by atoms with Crippen LogP contribution in [0.15, 0.2) is 24.4 Å². The Morgan fingerprint density at radius 1 is 1.23 bits per heavy atom. The minimum absolute atomic E-state index is 0.191. The molecular weight excluding hydrogens is 276 g/mol. The second kappa shape index (κ2) is 5.44. The molecule has 22 heavy (non-hydrogen) atoms. The molecule has 0 spiro atoms. The van der Waals surface area contributed by atoms with Gasteiger partial charge in [0.1, 0.15) is 5.82 Å². The normalized spacial score (nSPS) is 31.2. The standard InChI is InChI=1S/C16H22N6/c1-10-6-7-13-12(9-10)15(20-19-13)16-18-11(2)21-22(16)14-5-3-4-8-17-14/h3-5,8,10,12-13,15,19-20H,6-7,9H2,1-2H3. The molecule has 0 radical (unpaired) electrons. The van der Waals surface area contributed by atoms with Gasteiger partial charge in [0.15, 0.2) is 11.6 Å². The average molecular weight is 298 g/mol. The number of rotatable bonds is 2. The number of aromatic nitrogens is 4. The number of hydrogen-bond acceptors (Lipinski definition) is 5. The highest BCUT2D eigenvalue weighted by Gasteiger charge is 2.42. The molecule has 3 heterocycles. The molecule has 2 fully saturated rings. The van der Waals surface area contributed by atoms with Gasteiger partial charge in [0, 0.05) is 12.2 Å². The summed E-state index contributed by atoms with van der Waals surface area (Å²) in [5.74, 6) is 3.92. The van der Waals surface area contributed by atoms with Crippen LogP contribution in [0.25, 0.3) is 5.82 Å². The molecule has 4 unspecified atom stereocenters. The summed E-state index contributed by atoms with van der Waals surface area (Å²) in [4.78, 5) is 9.12. The van der Waals surface area contributed by atoms with E-state index < -0.39 is 0 Å². The fourth-order valence-electron chi connectivity index (χ4n) is 3.81. The number of aryl methyl sites for hydroxylation is 1. The third-order valence-corrected chi connectivity index (χ3v) is 4.90. The van der Waals surface area contributed by atoms with E-state index in [0.717, 1.165) is 23.4 Å². The molecule has 2 aromatic rings. The van der Waals surface area contributed by atoms with Crippen molar-refractivity contribution in [1.29, 1.82) is 0 Å². The quantitative estimate of drug-likeness (QED) is 0.886. The van der Waals surface area contributed by atoms with Crippen LogP contribution in [0.2, 0.25) is 0 Å². The lowest BCUT2D eigenvalue weighted by Gasteiger charge is -2.30. The highest BCUT2D eigenvalue weighted by Crippen LogP contribution is 2.39. The molecule has 1 aliphatic heterocycles. The van der Waals surface area contributed by atoms with Crippen molar-refractivity contribution >= 4 is 0 Å². The molecule has 1 saturated heterocycles. The SMILES string of the molecule is Cc1nc(C2NNC3CCC(C)CC32)n(-c2ccccn2)n1. The van der Waals surface area contributed by atoms with Crippen LogP contribution in [0.1, 0.15) is 43.9 Å². The lowest BCUT2D eigenvalue weighted by Crippen LogP contribution is -2.34. The van der Waals surface area contributed by atoms with Gasteiger partial charge in [-0.1, -0.05) is 13.0 Å². The van der Waals surface area contributed by atoms with E-state index in [4.69, 9.17) is 4.98 Å². The Morgan fingerprint density at radius 3 is 2.95 bits per heavy atom. The zero-order valence-corrected chi connectivity index (χ0v) is 13.0. The molecule has 0 amide bonds. The highest BCUT2D eigenvalue weighted by atomic mass is 15.5. The van der Waals surface area contributed by atoms with Gasteiger partial charge in [0.2, 0.25) is 0 Å². The average Bonchev–Trinajstić information content (AvgIpc) is 3.11. The molecule has 6 heteroatoms. The maximum absolute atomic E-state index is 4.69. The molecule has 116 valence electrons. The van der Waals surface area contributed by atoms with Crippen molar-refractivity contribution in [3.63, 3.8) is 0 Å². The van der Waals surface area contributed by atoms with Crippen LogP contribution in [0.5, 0.6) is 0 Å². The van der Waals surface area contributed by atoms with Crippen LogP contribution in [-0.2, 0) is 0 Å². The molecule has 0 aromatic carbocycles. The topological polar surface area (TPSA) is 67.7 Å². The van der Waals surface area contributed by atoms with Gasteiger partial charge in [-0.2, -0.15) is 4.68 Å². The van der Waals surface area contributed by atoms with Crippen molar-refractivity contribution in [2.45, 2.75) is 45.2 Å². The van der Waals surface area contributed by atoms with Crippen molar-refractivity contribution in [3.8, 4) is 5.82 Å². The van der Waals surface area contributed by atoms with E-state index in [0.29, 0.717) is 12.0 Å². The van der Waals surface area contributed by atoms with E-state index in [2.05, 4.69) is 27.9 Å². The summed E-state index contributed by atoms with van der Waals surface area (Å²) < 4.78 is 1.89. The molecule has 2 aliphatic rings. The Balaban J connectivity index is 1.71. The molecule has 4 atom stereocenters. The minimum Gasteiger partial charge on any atom is -0.254 e. The summed E-state index contributed by atoms with van der Waals surface area (Å²) >= 11 is 0. The lowest BCUT2D eigenvalue weighted by atomic mass is 9.76. The molecule has 1 saturated carbocycles. The predicted octanol–water partition coefficient (Wildman–Crippen LogP) is 1.92.